The van der Waals surface area contributed by atoms with Crippen molar-refractivity contribution in [2.75, 3.05) is 0 Å². The van der Waals surface area contributed by atoms with Crippen LogP contribution in [0.1, 0.15) is 25.5 Å². The predicted molar refractivity (Wildman–Crippen MR) is 59.5 cm³/mol. The molecule has 1 aromatic rings. The van der Waals surface area contributed by atoms with Gasteiger partial charge in [-0.2, -0.15) is 0 Å². The molecule has 1 unspecified atom stereocenters. The van der Waals surface area contributed by atoms with Crippen LogP contribution in [0, 0.1) is 0 Å². The van der Waals surface area contributed by atoms with Crippen LogP contribution in [0.15, 0.2) is 30.3 Å². The predicted octanol–water partition coefficient (Wildman–Crippen LogP) is 1.64. The van der Waals surface area contributed by atoms with Crippen molar-refractivity contribution in [3.05, 3.63) is 35.9 Å². The van der Waals surface area contributed by atoms with Crippen LogP contribution < -0.4 is 5.73 Å². The summed E-state index contributed by atoms with van der Waals surface area (Å²) in [7, 11) is -4.22. The van der Waals surface area contributed by atoms with Crippen molar-refractivity contribution < 1.29 is 14.4 Å². The van der Waals surface area contributed by atoms with Gasteiger partial charge in [-0.3, -0.25) is 4.57 Å². The van der Waals surface area contributed by atoms with Crippen molar-refractivity contribution in [2.24, 2.45) is 5.73 Å². The second-order valence-corrected chi connectivity index (χ2v) is 6.33. The zero-order chi connectivity index (χ0) is 11.7. The molecule has 1 aromatic carbocycles. The minimum absolute atomic E-state index is 0.681. The van der Waals surface area contributed by atoms with E-state index in [-0.39, 0.29) is 0 Å². The summed E-state index contributed by atoms with van der Waals surface area (Å²) in [5.74, 6) is 0. The van der Waals surface area contributed by atoms with Gasteiger partial charge in [0.2, 0.25) is 0 Å². The average Bonchev–Trinajstić information content (AvgIpc) is 2.16. The zero-order valence-electron chi connectivity index (χ0n) is 8.79. The summed E-state index contributed by atoms with van der Waals surface area (Å²) in [6, 6.07) is 8.28. The Bertz CT molecular complexity index is 372. The van der Waals surface area contributed by atoms with Gasteiger partial charge in [0.25, 0.3) is 0 Å². The number of benzene rings is 1. The standard InChI is InChI=1S/C10H16NO3P/c1-10(2,15(12,13)14)9(11)8-6-4-3-5-7-8/h3-7,9H,11H2,1-2H3,(H2,12,13,14). The molecule has 0 radical (unpaired) electrons. The fraction of sp³-hybridized carbons (Fsp3) is 0.400. The maximum Gasteiger partial charge on any atom is 0.332 e. The Labute approximate surface area is 89.3 Å². The molecule has 0 heterocycles. The van der Waals surface area contributed by atoms with Crippen LogP contribution in [0.25, 0.3) is 0 Å². The van der Waals surface area contributed by atoms with Crippen molar-refractivity contribution in [3.63, 3.8) is 0 Å². The van der Waals surface area contributed by atoms with E-state index < -0.39 is 18.8 Å². The highest BCUT2D eigenvalue weighted by Crippen LogP contribution is 2.55. The lowest BCUT2D eigenvalue weighted by atomic mass is 9.96. The minimum Gasteiger partial charge on any atom is -0.324 e. The van der Waals surface area contributed by atoms with E-state index in [0.29, 0.717) is 0 Å². The van der Waals surface area contributed by atoms with Crippen molar-refractivity contribution in [1.82, 2.24) is 0 Å². The molecule has 0 aliphatic rings. The van der Waals surface area contributed by atoms with Gasteiger partial charge in [0.05, 0.1) is 5.16 Å². The third-order valence-corrected chi connectivity index (χ3v) is 4.45. The summed E-state index contributed by atoms with van der Waals surface area (Å²) in [6.07, 6.45) is 0. The number of rotatable bonds is 3. The van der Waals surface area contributed by atoms with E-state index in [1.807, 2.05) is 6.07 Å². The second-order valence-electron chi connectivity index (χ2n) is 4.09. The van der Waals surface area contributed by atoms with Crippen LogP contribution in [0.4, 0.5) is 0 Å². The summed E-state index contributed by atoms with van der Waals surface area (Å²) in [4.78, 5) is 18.4. The first-order valence-electron chi connectivity index (χ1n) is 4.63. The van der Waals surface area contributed by atoms with E-state index in [9.17, 15) is 14.4 Å². The van der Waals surface area contributed by atoms with Gasteiger partial charge in [0.15, 0.2) is 0 Å². The van der Waals surface area contributed by atoms with E-state index in [1.54, 1.807) is 24.3 Å². The van der Waals surface area contributed by atoms with E-state index >= 15 is 0 Å². The third kappa shape index (κ3) is 2.47. The van der Waals surface area contributed by atoms with Crippen LogP contribution in [-0.2, 0) is 4.57 Å². The first-order chi connectivity index (χ1) is 6.77. The van der Waals surface area contributed by atoms with Gasteiger partial charge in [0.1, 0.15) is 0 Å². The van der Waals surface area contributed by atoms with Gasteiger partial charge in [-0.15, -0.1) is 0 Å². The summed E-state index contributed by atoms with van der Waals surface area (Å²) in [6.45, 7) is 2.96. The highest BCUT2D eigenvalue weighted by molar-refractivity contribution is 7.53. The van der Waals surface area contributed by atoms with E-state index in [4.69, 9.17) is 5.73 Å². The van der Waals surface area contributed by atoms with Crippen LogP contribution in [-0.4, -0.2) is 14.9 Å². The van der Waals surface area contributed by atoms with Crippen molar-refractivity contribution >= 4 is 7.60 Å². The SMILES string of the molecule is CC(C)(C(N)c1ccccc1)P(=O)(O)O. The molecule has 4 nitrogen and oxygen atoms in total. The Morgan fingerprint density at radius 3 is 2.13 bits per heavy atom. The van der Waals surface area contributed by atoms with Gasteiger partial charge in [0, 0.05) is 6.04 Å². The van der Waals surface area contributed by atoms with Crippen LogP contribution in [0.5, 0.6) is 0 Å². The molecule has 0 bridgehead atoms. The normalized spacial score (nSPS) is 15.0. The average molecular weight is 229 g/mol. The zero-order valence-corrected chi connectivity index (χ0v) is 9.69. The van der Waals surface area contributed by atoms with Crippen molar-refractivity contribution in [2.45, 2.75) is 25.0 Å². The summed E-state index contributed by atoms with van der Waals surface area (Å²) in [5.41, 5.74) is 6.59. The van der Waals surface area contributed by atoms with Gasteiger partial charge in [-0.05, 0) is 19.4 Å². The molecule has 0 saturated heterocycles. The smallest absolute Gasteiger partial charge is 0.324 e. The molecule has 1 rings (SSSR count). The van der Waals surface area contributed by atoms with Crippen molar-refractivity contribution in [3.8, 4) is 0 Å². The minimum atomic E-state index is -4.22. The number of hydrogen-bond donors (Lipinski definition) is 3. The molecular formula is C10H16NO3P. The molecule has 0 aliphatic carbocycles. The lowest BCUT2D eigenvalue weighted by Crippen LogP contribution is -2.35. The first-order valence-corrected chi connectivity index (χ1v) is 6.24. The lowest BCUT2D eigenvalue weighted by Gasteiger charge is -2.32. The largest absolute Gasteiger partial charge is 0.332 e. The fourth-order valence-corrected chi connectivity index (χ4v) is 1.76. The molecule has 0 aliphatic heterocycles. The molecule has 84 valence electrons. The van der Waals surface area contributed by atoms with Gasteiger partial charge in [-0.1, -0.05) is 30.3 Å². The maximum absolute atomic E-state index is 11.3. The molecule has 0 aromatic heterocycles. The van der Waals surface area contributed by atoms with Crippen LogP contribution >= 0.6 is 7.60 Å². The van der Waals surface area contributed by atoms with Gasteiger partial charge in [-0.25, -0.2) is 0 Å². The summed E-state index contributed by atoms with van der Waals surface area (Å²) < 4.78 is 11.3. The fourth-order valence-electron chi connectivity index (χ4n) is 1.25. The monoisotopic (exact) mass is 229 g/mol. The first kappa shape index (κ1) is 12.4. The highest BCUT2D eigenvalue weighted by atomic mass is 31.2. The Morgan fingerprint density at radius 1 is 1.27 bits per heavy atom. The Balaban J connectivity index is 3.05. The Kier molecular flexibility index (Phi) is 3.36. The molecule has 0 saturated carbocycles. The molecule has 4 N–H and O–H groups in total. The van der Waals surface area contributed by atoms with Crippen LogP contribution in [0.2, 0.25) is 0 Å². The van der Waals surface area contributed by atoms with Gasteiger partial charge >= 0.3 is 7.60 Å². The van der Waals surface area contributed by atoms with E-state index in [2.05, 4.69) is 0 Å². The number of nitrogens with two attached hydrogens (primary N) is 1. The molecule has 15 heavy (non-hydrogen) atoms. The Hall–Kier alpha value is -0.670. The molecule has 0 spiro atoms. The van der Waals surface area contributed by atoms with E-state index in [1.165, 1.54) is 13.8 Å². The lowest BCUT2D eigenvalue weighted by molar-refractivity contribution is 0.320. The quantitative estimate of drug-likeness (QED) is 0.688. The third-order valence-electron chi connectivity index (χ3n) is 2.67. The van der Waals surface area contributed by atoms with E-state index in [0.717, 1.165) is 5.56 Å². The van der Waals surface area contributed by atoms with Crippen LogP contribution in [0.3, 0.4) is 0 Å². The van der Waals surface area contributed by atoms with Crippen molar-refractivity contribution in [1.29, 1.82) is 0 Å². The topological polar surface area (TPSA) is 83.6 Å². The second kappa shape index (κ2) is 4.06. The molecule has 1 atom stereocenters. The molecule has 0 fully saturated rings. The summed E-state index contributed by atoms with van der Waals surface area (Å²) in [5, 5.41) is -1.26. The Morgan fingerprint density at radius 2 is 1.73 bits per heavy atom. The maximum atomic E-state index is 11.3. The number of hydrogen-bond acceptors (Lipinski definition) is 2. The molecule has 0 amide bonds. The molecular weight excluding hydrogens is 213 g/mol. The summed E-state index contributed by atoms with van der Waals surface area (Å²) >= 11 is 0. The molecule has 5 heteroatoms. The van der Waals surface area contributed by atoms with Gasteiger partial charge < -0.3 is 15.5 Å². The highest BCUT2D eigenvalue weighted by Gasteiger charge is 2.43.